The Bertz CT molecular complexity index is 513. The van der Waals surface area contributed by atoms with Gasteiger partial charge in [0.15, 0.2) is 0 Å². The fourth-order valence-corrected chi connectivity index (χ4v) is 3.03. The Hall–Kier alpha value is -1.95. The van der Waals surface area contributed by atoms with Crippen LogP contribution in [-0.2, 0) is 4.79 Å². The molecule has 18 heavy (non-hydrogen) atoms. The molecule has 0 fully saturated rings. The Balaban J connectivity index is 2.20. The number of allylic oxidation sites excluding steroid dienone is 1. The maximum absolute atomic E-state index is 11.1. The van der Waals surface area contributed by atoms with Crippen molar-refractivity contribution in [2.45, 2.75) is 11.7 Å². The number of benzene rings is 1. The predicted molar refractivity (Wildman–Crippen MR) is 68.8 cm³/mol. The van der Waals surface area contributed by atoms with Gasteiger partial charge < -0.3 is 16.2 Å². The lowest BCUT2D eigenvalue weighted by molar-refractivity contribution is -0.131. The standard InChI is InChI=1S/C12H12N2O3S/c13-12(17)14-8-6-9(18-10(8)11(15)16)7-4-2-1-3-5-7/h1-5,9H,6H2,(H,15,16)(H3,13,14,17). The maximum Gasteiger partial charge on any atom is 0.343 e. The molecule has 6 heteroatoms. The summed E-state index contributed by atoms with van der Waals surface area (Å²) in [7, 11) is 0. The smallest absolute Gasteiger partial charge is 0.343 e. The second kappa shape index (κ2) is 5.14. The first kappa shape index (κ1) is 12.5. The molecule has 0 saturated heterocycles. The number of thioether (sulfide) groups is 1. The summed E-state index contributed by atoms with van der Waals surface area (Å²) >= 11 is 1.23. The summed E-state index contributed by atoms with van der Waals surface area (Å²) in [6, 6.07) is 8.83. The van der Waals surface area contributed by atoms with Gasteiger partial charge >= 0.3 is 12.0 Å². The molecule has 1 unspecified atom stereocenters. The number of carboxylic acids is 1. The number of carbonyl (C=O) groups is 2. The van der Waals surface area contributed by atoms with Crippen LogP contribution in [0, 0.1) is 0 Å². The van der Waals surface area contributed by atoms with E-state index in [1.807, 2.05) is 30.3 Å². The van der Waals surface area contributed by atoms with Crippen LogP contribution in [0.1, 0.15) is 17.2 Å². The van der Waals surface area contributed by atoms with E-state index in [1.165, 1.54) is 11.8 Å². The van der Waals surface area contributed by atoms with Crippen molar-refractivity contribution in [2.75, 3.05) is 0 Å². The number of carbonyl (C=O) groups excluding carboxylic acids is 1. The van der Waals surface area contributed by atoms with E-state index in [1.54, 1.807) is 0 Å². The van der Waals surface area contributed by atoms with Crippen LogP contribution >= 0.6 is 11.8 Å². The van der Waals surface area contributed by atoms with Crippen LogP contribution in [0.15, 0.2) is 40.9 Å². The zero-order valence-corrected chi connectivity index (χ0v) is 10.2. The van der Waals surface area contributed by atoms with E-state index in [2.05, 4.69) is 5.32 Å². The molecule has 2 rings (SSSR count). The molecular weight excluding hydrogens is 252 g/mol. The van der Waals surface area contributed by atoms with Gasteiger partial charge in [0, 0.05) is 17.4 Å². The zero-order chi connectivity index (χ0) is 13.1. The first-order valence-electron chi connectivity index (χ1n) is 5.32. The Morgan fingerprint density at radius 2 is 2.00 bits per heavy atom. The summed E-state index contributed by atoms with van der Waals surface area (Å²) in [6.07, 6.45) is 0.458. The third-order valence-electron chi connectivity index (χ3n) is 2.56. The summed E-state index contributed by atoms with van der Waals surface area (Å²) in [5.74, 6) is -1.04. The first-order valence-corrected chi connectivity index (χ1v) is 6.20. The monoisotopic (exact) mass is 264 g/mol. The maximum atomic E-state index is 11.1. The summed E-state index contributed by atoms with van der Waals surface area (Å²) in [6.45, 7) is 0. The highest BCUT2D eigenvalue weighted by Crippen LogP contribution is 2.46. The molecule has 0 aliphatic carbocycles. The molecular formula is C12H12N2O3S. The van der Waals surface area contributed by atoms with Crippen LogP contribution in [0.5, 0.6) is 0 Å². The molecule has 1 heterocycles. The van der Waals surface area contributed by atoms with Crippen LogP contribution < -0.4 is 11.1 Å². The molecule has 1 aliphatic rings. The summed E-state index contributed by atoms with van der Waals surface area (Å²) in [5, 5.41) is 11.5. The van der Waals surface area contributed by atoms with Crippen molar-refractivity contribution in [3.05, 3.63) is 46.5 Å². The van der Waals surface area contributed by atoms with Gasteiger partial charge in [0.05, 0.1) is 0 Å². The van der Waals surface area contributed by atoms with Gasteiger partial charge in [0.2, 0.25) is 0 Å². The Morgan fingerprint density at radius 1 is 1.33 bits per heavy atom. The fraction of sp³-hybridized carbons (Fsp3) is 0.167. The zero-order valence-electron chi connectivity index (χ0n) is 9.42. The van der Waals surface area contributed by atoms with Crippen LogP contribution in [-0.4, -0.2) is 17.1 Å². The average molecular weight is 264 g/mol. The average Bonchev–Trinajstić information content (AvgIpc) is 2.73. The number of nitrogens with one attached hydrogen (secondary N) is 1. The van der Waals surface area contributed by atoms with Gasteiger partial charge in [-0.1, -0.05) is 30.3 Å². The lowest BCUT2D eigenvalue weighted by atomic mass is 10.1. The van der Waals surface area contributed by atoms with E-state index >= 15 is 0 Å². The Kier molecular flexibility index (Phi) is 3.57. The first-order chi connectivity index (χ1) is 8.58. The van der Waals surface area contributed by atoms with Crippen molar-refractivity contribution in [3.63, 3.8) is 0 Å². The topological polar surface area (TPSA) is 92.4 Å². The van der Waals surface area contributed by atoms with E-state index in [4.69, 9.17) is 10.8 Å². The van der Waals surface area contributed by atoms with Crippen LogP contribution in [0.3, 0.4) is 0 Å². The number of amides is 2. The van der Waals surface area contributed by atoms with Crippen LogP contribution in [0.2, 0.25) is 0 Å². The number of hydrogen-bond acceptors (Lipinski definition) is 3. The highest BCUT2D eigenvalue weighted by Gasteiger charge is 2.30. The molecule has 0 radical (unpaired) electrons. The van der Waals surface area contributed by atoms with E-state index in [9.17, 15) is 9.59 Å². The number of rotatable bonds is 3. The van der Waals surface area contributed by atoms with Crippen molar-refractivity contribution in [2.24, 2.45) is 5.73 Å². The van der Waals surface area contributed by atoms with Crippen molar-refractivity contribution in [1.82, 2.24) is 5.32 Å². The third kappa shape index (κ3) is 2.65. The lowest BCUT2D eigenvalue weighted by Crippen LogP contribution is -2.29. The number of hydrogen-bond donors (Lipinski definition) is 3. The van der Waals surface area contributed by atoms with Crippen molar-refractivity contribution >= 4 is 23.8 Å². The van der Waals surface area contributed by atoms with Crippen LogP contribution in [0.4, 0.5) is 4.79 Å². The Morgan fingerprint density at radius 3 is 2.56 bits per heavy atom. The molecule has 0 aromatic heterocycles. The molecule has 1 aliphatic heterocycles. The molecule has 0 bridgehead atoms. The van der Waals surface area contributed by atoms with Gasteiger partial charge in [-0.2, -0.15) is 0 Å². The van der Waals surface area contributed by atoms with Gasteiger partial charge in [-0.3, -0.25) is 0 Å². The molecule has 0 spiro atoms. The SMILES string of the molecule is NC(=O)NC1=C(C(=O)O)SC(c2ccccc2)C1. The molecule has 0 saturated carbocycles. The molecule has 4 N–H and O–H groups in total. The van der Waals surface area contributed by atoms with E-state index in [0.29, 0.717) is 12.1 Å². The minimum Gasteiger partial charge on any atom is -0.477 e. The number of primary amides is 1. The largest absolute Gasteiger partial charge is 0.477 e. The minimum atomic E-state index is -1.04. The van der Waals surface area contributed by atoms with E-state index in [-0.39, 0.29) is 10.2 Å². The molecule has 1 aromatic carbocycles. The molecule has 1 atom stereocenters. The summed E-state index contributed by atoms with van der Waals surface area (Å²) in [5.41, 5.74) is 6.45. The fourth-order valence-electron chi connectivity index (χ4n) is 1.82. The number of nitrogens with two attached hydrogens (primary N) is 1. The van der Waals surface area contributed by atoms with Crippen molar-refractivity contribution in [3.8, 4) is 0 Å². The molecule has 5 nitrogen and oxygen atoms in total. The molecule has 2 amide bonds. The summed E-state index contributed by atoms with van der Waals surface area (Å²) < 4.78 is 0. The third-order valence-corrected chi connectivity index (χ3v) is 3.94. The number of aliphatic carboxylic acids is 1. The Labute approximate surface area is 108 Å². The second-order valence-electron chi connectivity index (χ2n) is 3.82. The second-order valence-corrected chi connectivity index (χ2v) is 5.04. The molecule has 94 valence electrons. The predicted octanol–water partition coefficient (Wildman–Crippen LogP) is 1.83. The van der Waals surface area contributed by atoms with Gasteiger partial charge in [-0.25, -0.2) is 9.59 Å². The number of urea groups is 1. The van der Waals surface area contributed by atoms with Crippen molar-refractivity contribution < 1.29 is 14.7 Å². The minimum absolute atomic E-state index is 0.000787. The summed E-state index contributed by atoms with van der Waals surface area (Å²) in [4.78, 5) is 22.1. The number of carboxylic acid groups (broad SMARTS) is 1. The van der Waals surface area contributed by atoms with Gasteiger partial charge in [-0.15, -0.1) is 11.8 Å². The highest BCUT2D eigenvalue weighted by molar-refractivity contribution is 8.04. The van der Waals surface area contributed by atoms with Crippen LogP contribution in [0.25, 0.3) is 0 Å². The lowest BCUT2D eigenvalue weighted by Gasteiger charge is -2.09. The van der Waals surface area contributed by atoms with E-state index in [0.717, 1.165) is 5.56 Å². The molecule has 1 aromatic rings. The van der Waals surface area contributed by atoms with Crippen molar-refractivity contribution in [1.29, 1.82) is 0 Å². The van der Waals surface area contributed by atoms with Gasteiger partial charge in [-0.05, 0) is 5.56 Å². The van der Waals surface area contributed by atoms with E-state index < -0.39 is 12.0 Å². The quantitative estimate of drug-likeness (QED) is 0.776. The van der Waals surface area contributed by atoms with Gasteiger partial charge in [0.25, 0.3) is 0 Å². The normalized spacial score (nSPS) is 18.8. The van der Waals surface area contributed by atoms with Gasteiger partial charge in [0.1, 0.15) is 4.91 Å². The highest BCUT2D eigenvalue weighted by atomic mass is 32.2.